The lowest BCUT2D eigenvalue weighted by atomic mass is 9.68. The van der Waals surface area contributed by atoms with Gasteiger partial charge in [-0.3, -0.25) is 14.4 Å². The fraction of sp³-hybridized carbons (Fsp3) is 0.294. The summed E-state index contributed by atoms with van der Waals surface area (Å²) in [5, 5.41) is 0. The van der Waals surface area contributed by atoms with Crippen molar-refractivity contribution in [3.8, 4) is 17.2 Å². The van der Waals surface area contributed by atoms with Crippen molar-refractivity contribution in [2.45, 2.75) is 111 Å². The molecule has 0 N–H and O–H groups in total. The van der Waals surface area contributed by atoms with Crippen molar-refractivity contribution in [1.82, 2.24) is 0 Å². The number of benzene rings is 7. The molecule has 0 spiro atoms. The standard InChI is InChI=1S/C68H70O12/c1-41(2)58-32-55(29-50(35-69)61(58)78-38-44-13-19-47(20-14-44)64(72)75-10)67(7,8)53-25-27-54(28-26-53)68(9,56-30-51(36-70)62(59(33-56)42(3)4)79-39-45-15-21-48(22-16-45)65(73)76-11)57-31-52(37-71)63(60(34-57)43(5)6)80-40-46-17-23-49(24-18-46)66(74)77-12/h13-37,41-43H,38-40H2,1-12H3. The Kier molecular flexibility index (Phi) is 18.8. The number of ether oxygens (including phenoxy) is 6. The van der Waals surface area contributed by atoms with E-state index in [2.05, 4.69) is 77.1 Å². The van der Waals surface area contributed by atoms with E-state index in [0.29, 0.717) is 50.6 Å². The highest BCUT2D eigenvalue weighted by molar-refractivity contribution is 5.90. The zero-order valence-electron chi connectivity index (χ0n) is 47.7. The molecule has 0 saturated carbocycles. The normalized spacial score (nSPS) is 11.5. The highest BCUT2D eigenvalue weighted by Gasteiger charge is 2.36. The highest BCUT2D eigenvalue weighted by atomic mass is 16.5. The van der Waals surface area contributed by atoms with Crippen molar-refractivity contribution >= 4 is 36.8 Å². The summed E-state index contributed by atoms with van der Waals surface area (Å²) in [6.45, 7) is 19.1. The smallest absolute Gasteiger partial charge is 0.337 e. The SMILES string of the molecule is COC(=O)c1ccc(COc2c(C=O)cc(C(C)(C)c3ccc(C(C)(c4cc(C=O)c(OCc5ccc(C(=O)OC)cc5)c(C(C)C)c4)c4cc(C=O)c(OCc5ccc(C(=O)OC)cc5)c(C(C)C)c4)cc3)cc2C(C)C)cc1. The van der Waals surface area contributed by atoms with E-state index in [1.54, 1.807) is 72.8 Å². The summed E-state index contributed by atoms with van der Waals surface area (Å²) >= 11 is 0. The number of methoxy groups -OCH3 is 3. The maximum Gasteiger partial charge on any atom is 0.337 e. The fourth-order valence-corrected chi connectivity index (χ4v) is 9.93. The summed E-state index contributed by atoms with van der Waals surface area (Å²) in [6, 6.07) is 41.0. The van der Waals surface area contributed by atoms with Crippen LogP contribution in [0.15, 0.2) is 133 Å². The number of carbonyl (C=O) groups is 6. The average molecular weight is 1080 g/mol. The molecule has 0 aliphatic rings. The van der Waals surface area contributed by atoms with Gasteiger partial charge in [0.05, 0.1) is 54.7 Å². The largest absolute Gasteiger partial charge is 0.488 e. The summed E-state index contributed by atoms with van der Waals surface area (Å²) in [5.41, 5.74) is 9.89. The molecule has 0 aliphatic carbocycles. The Hall–Kier alpha value is -8.64. The van der Waals surface area contributed by atoms with Gasteiger partial charge in [0, 0.05) is 10.8 Å². The Bertz CT molecular complexity index is 3250. The van der Waals surface area contributed by atoms with Gasteiger partial charge in [-0.05, 0) is 140 Å². The third-order valence-corrected chi connectivity index (χ3v) is 15.0. The van der Waals surface area contributed by atoms with Crippen LogP contribution in [0, 0.1) is 0 Å². The van der Waals surface area contributed by atoms with Gasteiger partial charge in [0.25, 0.3) is 0 Å². The second kappa shape index (κ2) is 25.4. The number of rotatable bonds is 23. The highest BCUT2D eigenvalue weighted by Crippen LogP contribution is 2.47. The third-order valence-electron chi connectivity index (χ3n) is 15.0. The third kappa shape index (κ3) is 12.6. The molecule has 0 bridgehead atoms. The van der Waals surface area contributed by atoms with Crippen LogP contribution in [0.2, 0.25) is 0 Å². The molecule has 0 heterocycles. The van der Waals surface area contributed by atoms with Crippen LogP contribution in [-0.4, -0.2) is 58.1 Å². The second-order valence-electron chi connectivity index (χ2n) is 21.5. The number of hydrogen-bond donors (Lipinski definition) is 0. The van der Waals surface area contributed by atoms with Crippen LogP contribution >= 0.6 is 0 Å². The lowest BCUT2D eigenvalue weighted by Gasteiger charge is -2.35. The fourth-order valence-electron chi connectivity index (χ4n) is 9.93. The van der Waals surface area contributed by atoms with Crippen LogP contribution in [0.5, 0.6) is 17.2 Å². The van der Waals surface area contributed by atoms with Gasteiger partial charge >= 0.3 is 17.9 Å². The molecule has 0 aromatic heterocycles. The summed E-state index contributed by atoms with van der Waals surface area (Å²) < 4.78 is 34.0. The first-order chi connectivity index (χ1) is 38.2. The minimum absolute atomic E-state index is 0.00375. The van der Waals surface area contributed by atoms with Crippen molar-refractivity contribution in [2.24, 2.45) is 0 Å². The molecule has 7 aromatic carbocycles. The first kappa shape index (κ1) is 59.0. The second-order valence-corrected chi connectivity index (χ2v) is 21.5. The van der Waals surface area contributed by atoms with E-state index in [1.807, 2.05) is 45.9 Å². The first-order valence-corrected chi connectivity index (χ1v) is 26.6. The maximum absolute atomic E-state index is 13.4. The molecule has 0 atom stereocenters. The van der Waals surface area contributed by atoms with Gasteiger partial charge in [-0.1, -0.05) is 134 Å². The Balaban J connectivity index is 1.33. The molecule has 0 amide bonds. The zero-order valence-corrected chi connectivity index (χ0v) is 47.7. The van der Waals surface area contributed by atoms with E-state index < -0.39 is 28.7 Å². The van der Waals surface area contributed by atoms with E-state index in [0.717, 1.165) is 80.1 Å². The number of carbonyl (C=O) groups excluding carboxylic acids is 6. The van der Waals surface area contributed by atoms with E-state index >= 15 is 0 Å². The van der Waals surface area contributed by atoms with Gasteiger partial charge in [-0.2, -0.15) is 0 Å². The van der Waals surface area contributed by atoms with Gasteiger partial charge in [-0.15, -0.1) is 0 Å². The van der Waals surface area contributed by atoms with Gasteiger partial charge in [0.2, 0.25) is 0 Å². The summed E-state index contributed by atoms with van der Waals surface area (Å²) in [6.07, 6.45) is 2.44. The predicted molar refractivity (Wildman–Crippen MR) is 308 cm³/mol. The van der Waals surface area contributed by atoms with Crippen molar-refractivity contribution in [3.63, 3.8) is 0 Å². The van der Waals surface area contributed by atoms with E-state index in [-0.39, 0.29) is 37.6 Å². The molecular weight excluding hydrogens is 1010 g/mol. The molecule has 0 aliphatic heterocycles. The lowest BCUT2D eigenvalue weighted by molar-refractivity contribution is 0.0592. The molecule has 414 valence electrons. The molecule has 7 rings (SSSR count). The quantitative estimate of drug-likeness (QED) is 0.0259. The topological polar surface area (TPSA) is 158 Å². The Labute approximate surface area is 469 Å². The molecule has 0 fully saturated rings. The summed E-state index contributed by atoms with van der Waals surface area (Å²) in [5.74, 6) is -0.151. The molecule has 12 nitrogen and oxygen atoms in total. The van der Waals surface area contributed by atoms with E-state index in [4.69, 9.17) is 28.4 Å². The van der Waals surface area contributed by atoms with Crippen LogP contribution in [0.4, 0.5) is 0 Å². The van der Waals surface area contributed by atoms with Crippen LogP contribution in [0.25, 0.3) is 0 Å². The minimum Gasteiger partial charge on any atom is -0.488 e. The predicted octanol–water partition coefficient (Wildman–Crippen LogP) is 14.3. The van der Waals surface area contributed by atoms with Crippen LogP contribution in [0.3, 0.4) is 0 Å². The first-order valence-electron chi connectivity index (χ1n) is 26.6. The molecule has 0 radical (unpaired) electrons. The van der Waals surface area contributed by atoms with Crippen LogP contribution in [0.1, 0.15) is 203 Å². The van der Waals surface area contributed by atoms with E-state index in [1.165, 1.54) is 21.3 Å². The number of aldehydes is 3. The molecule has 80 heavy (non-hydrogen) atoms. The molecule has 0 saturated heterocycles. The summed E-state index contributed by atoms with van der Waals surface area (Å²) in [7, 11) is 4.00. The Morgan fingerprint density at radius 1 is 0.388 bits per heavy atom. The van der Waals surface area contributed by atoms with Gasteiger partial charge in [-0.25, -0.2) is 14.4 Å². The monoisotopic (exact) mass is 1080 g/mol. The minimum atomic E-state index is -1.01. The molecular formula is C68H70O12. The Morgan fingerprint density at radius 2 is 0.662 bits per heavy atom. The van der Waals surface area contributed by atoms with Crippen molar-refractivity contribution in [1.29, 1.82) is 0 Å². The molecule has 7 aromatic rings. The number of hydrogen-bond acceptors (Lipinski definition) is 12. The van der Waals surface area contributed by atoms with E-state index in [9.17, 15) is 28.8 Å². The van der Waals surface area contributed by atoms with Gasteiger partial charge in [0.1, 0.15) is 37.1 Å². The van der Waals surface area contributed by atoms with Crippen molar-refractivity contribution in [3.05, 3.63) is 228 Å². The van der Waals surface area contributed by atoms with Crippen molar-refractivity contribution in [2.75, 3.05) is 21.3 Å². The number of esters is 3. The van der Waals surface area contributed by atoms with Gasteiger partial charge in [0.15, 0.2) is 18.9 Å². The molecule has 12 heteroatoms. The molecule has 0 unspecified atom stereocenters. The van der Waals surface area contributed by atoms with Crippen LogP contribution in [-0.2, 0) is 44.9 Å². The maximum atomic E-state index is 13.4. The zero-order chi connectivity index (χ0) is 58.1. The van der Waals surface area contributed by atoms with Crippen molar-refractivity contribution < 1.29 is 57.2 Å². The van der Waals surface area contributed by atoms with Crippen LogP contribution < -0.4 is 14.2 Å². The lowest BCUT2D eigenvalue weighted by Crippen LogP contribution is -2.27. The average Bonchev–Trinajstić information content (AvgIpc) is 3.57. The summed E-state index contributed by atoms with van der Waals surface area (Å²) in [4.78, 5) is 76.0. The van der Waals surface area contributed by atoms with Gasteiger partial charge < -0.3 is 28.4 Å². The Morgan fingerprint density at radius 3 is 0.938 bits per heavy atom.